The van der Waals surface area contributed by atoms with Crippen molar-refractivity contribution >= 4 is 0 Å². The Bertz CT molecular complexity index is 366. The highest BCUT2D eigenvalue weighted by atomic mass is 16.3. The Kier molecular flexibility index (Phi) is 4.82. The van der Waals surface area contributed by atoms with Crippen LogP contribution in [0.4, 0.5) is 0 Å². The van der Waals surface area contributed by atoms with Crippen molar-refractivity contribution in [2.75, 3.05) is 0 Å². The lowest BCUT2D eigenvalue weighted by Crippen LogP contribution is -2.27. The van der Waals surface area contributed by atoms with Crippen molar-refractivity contribution in [1.29, 1.82) is 0 Å². The van der Waals surface area contributed by atoms with Crippen LogP contribution in [0.15, 0.2) is 24.3 Å². The second-order valence-corrected chi connectivity index (χ2v) is 5.74. The summed E-state index contributed by atoms with van der Waals surface area (Å²) in [4.78, 5) is 0. The highest BCUT2D eigenvalue weighted by Gasteiger charge is 2.29. The summed E-state index contributed by atoms with van der Waals surface area (Å²) in [6.07, 6.45) is 6.72. The smallest absolute Gasteiger partial charge is 0.0574 e. The van der Waals surface area contributed by atoms with E-state index in [4.69, 9.17) is 0 Å². The van der Waals surface area contributed by atoms with Crippen LogP contribution >= 0.6 is 0 Å². The molecule has 1 aromatic carbocycles. The van der Waals surface area contributed by atoms with E-state index < -0.39 is 0 Å². The van der Waals surface area contributed by atoms with Gasteiger partial charge in [0.05, 0.1) is 6.10 Å². The van der Waals surface area contributed by atoms with Crippen molar-refractivity contribution in [3.63, 3.8) is 0 Å². The van der Waals surface area contributed by atoms with Crippen LogP contribution in [-0.2, 0) is 6.42 Å². The van der Waals surface area contributed by atoms with E-state index >= 15 is 0 Å². The largest absolute Gasteiger partial charge is 0.393 e. The molecular formula is C17H26O. The van der Waals surface area contributed by atoms with Crippen molar-refractivity contribution in [2.45, 2.75) is 64.4 Å². The van der Waals surface area contributed by atoms with Gasteiger partial charge in [-0.15, -0.1) is 0 Å². The van der Waals surface area contributed by atoms with E-state index in [1.807, 2.05) is 0 Å². The molecular weight excluding hydrogens is 220 g/mol. The fourth-order valence-corrected chi connectivity index (χ4v) is 3.33. The van der Waals surface area contributed by atoms with Gasteiger partial charge in [-0.2, -0.15) is 0 Å². The molecule has 0 radical (unpaired) electrons. The topological polar surface area (TPSA) is 20.2 Å². The maximum Gasteiger partial charge on any atom is 0.0574 e. The van der Waals surface area contributed by atoms with E-state index in [1.165, 1.54) is 36.8 Å². The SMILES string of the molecule is CCCC(CCC)C(O)CC1Cc2ccccc21. The molecule has 0 spiro atoms. The van der Waals surface area contributed by atoms with Gasteiger partial charge in [0, 0.05) is 0 Å². The molecule has 0 saturated heterocycles. The quantitative estimate of drug-likeness (QED) is 0.760. The van der Waals surface area contributed by atoms with Gasteiger partial charge in [-0.1, -0.05) is 51.0 Å². The molecule has 0 aliphatic heterocycles. The molecule has 0 aromatic heterocycles. The monoisotopic (exact) mass is 246 g/mol. The van der Waals surface area contributed by atoms with Crippen molar-refractivity contribution in [3.8, 4) is 0 Å². The lowest BCUT2D eigenvalue weighted by atomic mass is 9.73. The molecule has 2 atom stereocenters. The van der Waals surface area contributed by atoms with Gasteiger partial charge in [-0.3, -0.25) is 0 Å². The molecule has 0 fully saturated rings. The molecule has 1 aromatic rings. The number of hydrogen-bond acceptors (Lipinski definition) is 1. The van der Waals surface area contributed by atoms with Crippen molar-refractivity contribution < 1.29 is 5.11 Å². The fourth-order valence-electron chi connectivity index (χ4n) is 3.33. The van der Waals surface area contributed by atoms with Gasteiger partial charge in [0.1, 0.15) is 0 Å². The van der Waals surface area contributed by atoms with Gasteiger partial charge >= 0.3 is 0 Å². The molecule has 0 amide bonds. The Hall–Kier alpha value is -0.820. The van der Waals surface area contributed by atoms with E-state index in [9.17, 15) is 5.11 Å². The van der Waals surface area contributed by atoms with Gasteiger partial charge in [0.15, 0.2) is 0 Å². The Morgan fingerprint density at radius 2 is 1.83 bits per heavy atom. The standard InChI is InChI=1S/C17H26O/c1-3-7-13(8-4-2)17(18)12-15-11-14-9-5-6-10-16(14)15/h5-6,9-10,13,15,17-18H,3-4,7-8,11-12H2,1-2H3. The molecule has 1 aliphatic carbocycles. The third-order valence-electron chi connectivity index (χ3n) is 4.35. The number of rotatable bonds is 7. The number of aliphatic hydroxyl groups excluding tert-OH is 1. The van der Waals surface area contributed by atoms with Gasteiger partial charge < -0.3 is 5.11 Å². The number of aliphatic hydroxyl groups is 1. The summed E-state index contributed by atoms with van der Waals surface area (Å²) in [5.41, 5.74) is 2.96. The van der Waals surface area contributed by atoms with Gasteiger partial charge in [-0.05, 0) is 48.6 Å². The van der Waals surface area contributed by atoms with Gasteiger partial charge in [0.25, 0.3) is 0 Å². The van der Waals surface area contributed by atoms with Crippen molar-refractivity contribution in [3.05, 3.63) is 35.4 Å². The van der Waals surface area contributed by atoms with Crippen LogP contribution in [0.5, 0.6) is 0 Å². The Morgan fingerprint density at radius 3 is 2.44 bits per heavy atom. The predicted octanol–water partition coefficient (Wildman–Crippen LogP) is 4.29. The van der Waals surface area contributed by atoms with Crippen LogP contribution in [0.25, 0.3) is 0 Å². The summed E-state index contributed by atoms with van der Waals surface area (Å²) in [5.74, 6) is 1.11. The third kappa shape index (κ3) is 2.95. The Labute approximate surface area is 111 Å². The summed E-state index contributed by atoms with van der Waals surface area (Å²) < 4.78 is 0. The van der Waals surface area contributed by atoms with Crippen molar-refractivity contribution in [2.24, 2.45) is 5.92 Å². The van der Waals surface area contributed by atoms with E-state index in [1.54, 1.807) is 0 Å². The number of fused-ring (bicyclic) bond motifs is 1. The van der Waals surface area contributed by atoms with Crippen LogP contribution in [0, 0.1) is 5.92 Å². The predicted molar refractivity (Wildman–Crippen MR) is 76.8 cm³/mol. The minimum atomic E-state index is -0.108. The second-order valence-electron chi connectivity index (χ2n) is 5.74. The Morgan fingerprint density at radius 1 is 1.17 bits per heavy atom. The number of benzene rings is 1. The maximum atomic E-state index is 10.4. The first-order valence-corrected chi connectivity index (χ1v) is 7.52. The molecule has 1 N–H and O–H groups in total. The molecule has 0 bridgehead atoms. The zero-order valence-corrected chi connectivity index (χ0v) is 11.7. The normalized spacial score (nSPS) is 19.4. The number of hydrogen-bond donors (Lipinski definition) is 1. The maximum absolute atomic E-state index is 10.4. The summed E-state index contributed by atoms with van der Waals surface area (Å²) >= 11 is 0. The molecule has 1 heteroatoms. The van der Waals surface area contributed by atoms with Gasteiger partial charge in [0.2, 0.25) is 0 Å². The molecule has 0 heterocycles. The first kappa shape index (κ1) is 13.6. The van der Waals surface area contributed by atoms with Crippen LogP contribution in [0.3, 0.4) is 0 Å². The molecule has 0 saturated carbocycles. The molecule has 1 aliphatic rings. The molecule has 1 nitrogen and oxygen atoms in total. The minimum absolute atomic E-state index is 0.108. The van der Waals surface area contributed by atoms with E-state index in [0.717, 1.165) is 12.8 Å². The van der Waals surface area contributed by atoms with Crippen molar-refractivity contribution in [1.82, 2.24) is 0 Å². The van der Waals surface area contributed by atoms with Crippen LogP contribution in [-0.4, -0.2) is 11.2 Å². The molecule has 100 valence electrons. The van der Waals surface area contributed by atoms with Crippen LogP contribution < -0.4 is 0 Å². The van der Waals surface area contributed by atoms with Crippen LogP contribution in [0.2, 0.25) is 0 Å². The molecule has 2 rings (SSSR count). The summed E-state index contributed by atoms with van der Waals surface area (Å²) in [6, 6.07) is 8.67. The summed E-state index contributed by atoms with van der Waals surface area (Å²) in [6.45, 7) is 4.43. The average Bonchev–Trinajstić information content (AvgIpc) is 2.35. The second kappa shape index (κ2) is 6.38. The third-order valence-corrected chi connectivity index (χ3v) is 4.35. The minimum Gasteiger partial charge on any atom is -0.393 e. The summed E-state index contributed by atoms with van der Waals surface area (Å²) in [5, 5.41) is 10.4. The van der Waals surface area contributed by atoms with E-state index in [-0.39, 0.29) is 6.10 Å². The lowest BCUT2D eigenvalue weighted by Gasteiger charge is -2.34. The fraction of sp³-hybridized carbons (Fsp3) is 0.647. The van der Waals surface area contributed by atoms with E-state index in [0.29, 0.717) is 11.8 Å². The zero-order valence-electron chi connectivity index (χ0n) is 11.7. The molecule has 18 heavy (non-hydrogen) atoms. The zero-order chi connectivity index (χ0) is 13.0. The van der Waals surface area contributed by atoms with Gasteiger partial charge in [-0.25, -0.2) is 0 Å². The first-order valence-electron chi connectivity index (χ1n) is 7.52. The Balaban J connectivity index is 1.90. The first-order chi connectivity index (χ1) is 8.76. The summed E-state index contributed by atoms with van der Waals surface area (Å²) in [7, 11) is 0. The highest BCUT2D eigenvalue weighted by Crippen LogP contribution is 2.39. The average molecular weight is 246 g/mol. The highest BCUT2D eigenvalue weighted by molar-refractivity contribution is 5.39. The van der Waals surface area contributed by atoms with Crippen LogP contribution in [0.1, 0.15) is 63.0 Å². The molecule has 2 unspecified atom stereocenters. The van der Waals surface area contributed by atoms with E-state index in [2.05, 4.69) is 38.1 Å². The lowest BCUT2D eigenvalue weighted by molar-refractivity contribution is 0.0786.